The molecule has 0 saturated heterocycles. The van der Waals surface area contributed by atoms with Crippen molar-refractivity contribution in [1.82, 2.24) is 0 Å². The molecule has 0 bridgehead atoms. The van der Waals surface area contributed by atoms with Crippen LogP contribution in [0.2, 0.25) is 0 Å². The first-order chi connectivity index (χ1) is 4.97. The van der Waals surface area contributed by atoms with Gasteiger partial charge in [0.1, 0.15) is 17.2 Å². The second kappa shape index (κ2) is 2.72. The van der Waals surface area contributed by atoms with Gasteiger partial charge in [-0.2, -0.15) is 4.58 Å². The Morgan fingerprint density at radius 2 is 2.27 bits per heavy atom. The molecule has 1 atom stereocenters. The second-order valence-electron chi connectivity index (χ2n) is 2.39. The van der Waals surface area contributed by atoms with Crippen LogP contribution in [0, 0.1) is 0 Å². The van der Waals surface area contributed by atoms with Gasteiger partial charge >= 0.3 is 6.34 Å². The van der Waals surface area contributed by atoms with Gasteiger partial charge in [-0.15, -0.1) is 0 Å². The Balaban J connectivity index is 2.62. The molecule has 1 unspecified atom stereocenters. The van der Waals surface area contributed by atoms with Gasteiger partial charge in [-0.25, -0.2) is 13.3 Å². The molecule has 5 nitrogen and oxygen atoms in total. The van der Waals surface area contributed by atoms with Crippen LogP contribution in [0.3, 0.4) is 0 Å². The van der Waals surface area contributed by atoms with E-state index in [2.05, 4.69) is 0 Å². The van der Waals surface area contributed by atoms with E-state index < -0.39 is 16.0 Å². The Kier molecular flexibility index (Phi) is 2.08. The van der Waals surface area contributed by atoms with Gasteiger partial charge in [0.05, 0.1) is 0 Å². The van der Waals surface area contributed by atoms with Gasteiger partial charge in [-0.3, -0.25) is 0 Å². The molecule has 0 aromatic rings. The van der Waals surface area contributed by atoms with Crippen molar-refractivity contribution in [2.45, 2.75) is 0 Å². The highest BCUT2D eigenvalue weighted by Crippen LogP contribution is 1.75. The SMILES string of the molecule is C[N+]1=C[NH+](CS(=O)(=O)[O-])C=C1. The highest BCUT2D eigenvalue weighted by atomic mass is 32.2. The van der Waals surface area contributed by atoms with Crippen LogP contribution in [-0.4, -0.2) is 36.8 Å². The number of nitrogens with one attached hydrogen (secondary N) is 1. The third-order valence-corrected chi connectivity index (χ3v) is 1.92. The molecule has 6 heteroatoms. The molecule has 0 aromatic heterocycles. The maximum Gasteiger partial charge on any atom is 0.335 e. The first-order valence-corrected chi connectivity index (χ1v) is 4.59. The largest absolute Gasteiger partial charge is 0.744 e. The Hall–Kier alpha value is -0.720. The Labute approximate surface area is 65.0 Å². The predicted octanol–water partition coefficient (Wildman–Crippen LogP) is -2.47. The molecule has 0 amide bonds. The molecule has 0 spiro atoms. The molecule has 1 rings (SSSR count). The van der Waals surface area contributed by atoms with E-state index in [1.165, 1.54) is 0 Å². The zero-order valence-electron chi connectivity index (χ0n) is 6.02. The van der Waals surface area contributed by atoms with Crippen LogP contribution in [0.1, 0.15) is 0 Å². The highest BCUT2D eigenvalue weighted by molar-refractivity contribution is 7.85. The summed E-state index contributed by atoms with van der Waals surface area (Å²) in [5.41, 5.74) is 0. The second-order valence-corrected chi connectivity index (χ2v) is 3.79. The lowest BCUT2D eigenvalue weighted by atomic mass is 10.8. The molecule has 0 fully saturated rings. The first kappa shape index (κ1) is 8.38. The molecular formula is C5H9N2O3S+. The van der Waals surface area contributed by atoms with Gasteiger partial charge in [0.2, 0.25) is 6.20 Å². The van der Waals surface area contributed by atoms with Crippen LogP contribution in [0.4, 0.5) is 0 Å². The van der Waals surface area contributed by atoms with Crippen molar-refractivity contribution in [3.63, 3.8) is 0 Å². The normalized spacial score (nSPS) is 23.8. The Bertz CT molecular complexity index is 304. The zero-order chi connectivity index (χ0) is 8.48. The summed E-state index contributed by atoms with van der Waals surface area (Å²) in [7, 11) is -2.36. The maximum atomic E-state index is 10.2. The molecule has 11 heavy (non-hydrogen) atoms. The quantitative estimate of drug-likeness (QED) is 0.375. The zero-order valence-corrected chi connectivity index (χ0v) is 6.84. The summed E-state index contributed by atoms with van der Waals surface area (Å²) in [6, 6.07) is 0. The molecule has 1 heterocycles. The number of hydrogen-bond donors (Lipinski definition) is 1. The highest BCUT2D eigenvalue weighted by Gasteiger charge is 2.16. The molecule has 1 aliphatic heterocycles. The lowest BCUT2D eigenvalue weighted by Gasteiger charge is -2.05. The van der Waals surface area contributed by atoms with Crippen LogP contribution in [0.15, 0.2) is 12.4 Å². The van der Waals surface area contributed by atoms with Crippen LogP contribution in [0.5, 0.6) is 0 Å². The molecule has 0 radical (unpaired) electrons. The average Bonchev–Trinajstić information content (AvgIpc) is 2.10. The third kappa shape index (κ3) is 2.79. The van der Waals surface area contributed by atoms with Crippen molar-refractivity contribution in [1.29, 1.82) is 0 Å². The van der Waals surface area contributed by atoms with Crippen molar-refractivity contribution in [3.8, 4) is 0 Å². The average molecular weight is 177 g/mol. The van der Waals surface area contributed by atoms with E-state index in [0.717, 1.165) is 0 Å². The monoisotopic (exact) mass is 177 g/mol. The standard InChI is InChI=1S/C5H8N2O3S/c1-6-2-3-7(4-6)5-11(8,9)10/h2-4H,5H2,1H3/p+1. The maximum absolute atomic E-state index is 10.2. The number of nitrogens with zero attached hydrogens (tertiary/aromatic N) is 1. The predicted molar refractivity (Wildman–Crippen MR) is 36.9 cm³/mol. The van der Waals surface area contributed by atoms with E-state index in [-0.39, 0.29) is 0 Å². The van der Waals surface area contributed by atoms with Gasteiger partial charge < -0.3 is 4.55 Å². The fraction of sp³-hybridized carbons (Fsp3) is 0.400. The van der Waals surface area contributed by atoms with Crippen LogP contribution < -0.4 is 4.90 Å². The minimum Gasteiger partial charge on any atom is -0.744 e. The van der Waals surface area contributed by atoms with E-state index in [1.54, 1.807) is 30.4 Å². The Morgan fingerprint density at radius 3 is 2.64 bits per heavy atom. The van der Waals surface area contributed by atoms with Crippen molar-refractivity contribution < 1.29 is 22.4 Å². The summed E-state index contributed by atoms with van der Waals surface area (Å²) < 4.78 is 32.4. The molecule has 62 valence electrons. The van der Waals surface area contributed by atoms with Crippen LogP contribution in [0.25, 0.3) is 0 Å². The summed E-state index contributed by atoms with van der Waals surface area (Å²) in [6.07, 6.45) is 4.91. The molecular weight excluding hydrogens is 168 g/mol. The minimum atomic E-state index is -4.13. The van der Waals surface area contributed by atoms with Crippen molar-refractivity contribution >= 4 is 16.5 Å². The lowest BCUT2D eigenvalue weighted by Crippen LogP contribution is -3.06. The number of rotatable bonds is 2. The summed E-state index contributed by atoms with van der Waals surface area (Å²) >= 11 is 0. The molecule has 0 aromatic carbocycles. The van der Waals surface area contributed by atoms with Crippen molar-refractivity contribution in [3.05, 3.63) is 12.4 Å². The van der Waals surface area contributed by atoms with E-state index in [0.29, 0.717) is 4.90 Å². The van der Waals surface area contributed by atoms with Crippen molar-refractivity contribution in [2.24, 2.45) is 0 Å². The van der Waals surface area contributed by atoms with Gasteiger partial charge in [0.15, 0.2) is 12.1 Å². The summed E-state index contributed by atoms with van der Waals surface area (Å²) in [4.78, 5) is 0.530. The molecule has 1 N–H and O–H groups in total. The van der Waals surface area contributed by atoms with Gasteiger partial charge in [0, 0.05) is 0 Å². The van der Waals surface area contributed by atoms with Gasteiger partial charge in [-0.1, -0.05) is 0 Å². The fourth-order valence-corrected chi connectivity index (χ4v) is 1.43. The first-order valence-electron chi connectivity index (χ1n) is 3.02. The summed E-state index contributed by atoms with van der Waals surface area (Å²) in [6.45, 7) is 0. The number of hydrogen-bond acceptors (Lipinski definition) is 3. The van der Waals surface area contributed by atoms with Crippen molar-refractivity contribution in [2.75, 3.05) is 12.9 Å². The smallest absolute Gasteiger partial charge is 0.335 e. The van der Waals surface area contributed by atoms with Gasteiger partial charge in [0.25, 0.3) is 0 Å². The van der Waals surface area contributed by atoms with E-state index in [1.807, 2.05) is 0 Å². The van der Waals surface area contributed by atoms with Crippen LogP contribution in [-0.2, 0) is 10.1 Å². The third-order valence-electron chi connectivity index (χ3n) is 1.24. The van der Waals surface area contributed by atoms with E-state index in [4.69, 9.17) is 0 Å². The van der Waals surface area contributed by atoms with Crippen LogP contribution >= 0.6 is 0 Å². The summed E-state index contributed by atoms with van der Waals surface area (Å²) in [5, 5.41) is 0. The molecule has 0 saturated carbocycles. The summed E-state index contributed by atoms with van der Waals surface area (Å²) in [5.74, 6) is -0.423. The Morgan fingerprint density at radius 1 is 1.64 bits per heavy atom. The van der Waals surface area contributed by atoms with Gasteiger partial charge in [-0.05, 0) is 0 Å². The lowest BCUT2D eigenvalue weighted by molar-refractivity contribution is -0.734. The fourth-order valence-electron chi connectivity index (χ4n) is 0.850. The number of quaternary nitrogens is 1. The van der Waals surface area contributed by atoms with E-state index >= 15 is 0 Å². The molecule has 1 aliphatic rings. The molecule has 0 aliphatic carbocycles. The topological polar surface area (TPSA) is 64.7 Å². The minimum absolute atomic E-state index is 0.423. The van der Waals surface area contributed by atoms with E-state index in [9.17, 15) is 13.0 Å².